The van der Waals surface area contributed by atoms with E-state index in [1.54, 1.807) is 0 Å². The van der Waals surface area contributed by atoms with Crippen LogP contribution in [-0.2, 0) is 0 Å². The van der Waals surface area contributed by atoms with Crippen LogP contribution in [0, 0.1) is 9.39 Å². The van der Waals surface area contributed by atoms with Crippen molar-refractivity contribution in [3.8, 4) is 0 Å². The summed E-state index contributed by atoms with van der Waals surface area (Å²) in [6.07, 6.45) is 0. The Morgan fingerprint density at radius 1 is 1.35 bits per heavy atom. The molecule has 1 aliphatic heterocycles. The highest BCUT2D eigenvalue weighted by molar-refractivity contribution is 14.1. The lowest BCUT2D eigenvalue weighted by Crippen LogP contribution is -2.51. The minimum Gasteiger partial charge on any atom is -0.390 e. The molecular formula is C13H16F3IN2O. The molecule has 20 heavy (non-hydrogen) atoms. The largest absolute Gasteiger partial charge is 0.390 e. The zero-order chi connectivity index (χ0) is 14.8. The number of halogens is 4. The fraction of sp³-hybridized carbons (Fsp3) is 0.538. The van der Waals surface area contributed by atoms with E-state index in [1.165, 1.54) is 23.1 Å². The molecule has 1 atom stereocenters. The molecule has 0 amide bonds. The number of nitrogens with zero attached hydrogens (tertiary/aromatic N) is 1. The monoisotopic (exact) mass is 400 g/mol. The van der Waals surface area contributed by atoms with Gasteiger partial charge in [0.2, 0.25) is 0 Å². The molecule has 0 radical (unpaired) electrons. The molecule has 0 bridgehead atoms. The maximum absolute atomic E-state index is 14.1. The van der Waals surface area contributed by atoms with Gasteiger partial charge in [0.25, 0.3) is 5.92 Å². The Kier molecular flexibility index (Phi) is 5.27. The summed E-state index contributed by atoms with van der Waals surface area (Å²) in [5.74, 6) is -4.05. The second-order valence-electron chi connectivity index (χ2n) is 4.77. The van der Waals surface area contributed by atoms with Crippen molar-refractivity contribution in [1.82, 2.24) is 10.2 Å². The maximum atomic E-state index is 14.1. The van der Waals surface area contributed by atoms with Gasteiger partial charge < -0.3 is 10.4 Å². The summed E-state index contributed by atoms with van der Waals surface area (Å²) in [6, 6.07) is 2.71. The van der Waals surface area contributed by atoms with Crippen LogP contribution in [0.25, 0.3) is 0 Å². The molecule has 0 aromatic heterocycles. The molecule has 1 aliphatic rings. The van der Waals surface area contributed by atoms with Gasteiger partial charge in [-0.2, -0.15) is 0 Å². The Labute approximate surface area is 129 Å². The van der Waals surface area contributed by atoms with Gasteiger partial charge in [-0.05, 0) is 40.8 Å². The van der Waals surface area contributed by atoms with Gasteiger partial charge in [0.1, 0.15) is 18.5 Å². The third-order valence-electron chi connectivity index (χ3n) is 3.38. The molecular weight excluding hydrogens is 384 g/mol. The van der Waals surface area contributed by atoms with Crippen molar-refractivity contribution < 1.29 is 18.3 Å². The molecule has 0 saturated carbocycles. The summed E-state index contributed by atoms with van der Waals surface area (Å²) in [6.45, 7) is 0.635. The SMILES string of the molecule is OCC(F)(F)[C@H](c1cc(I)ccc1F)N1CCNCC1. The van der Waals surface area contributed by atoms with Crippen LogP contribution in [-0.4, -0.2) is 48.7 Å². The number of hydrogen-bond acceptors (Lipinski definition) is 3. The van der Waals surface area contributed by atoms with E-state index in [-0.39, 0.29) is 5.56 Å². The van der Waals surface area contributed by atoms with E-state index in [4.69, 9.17) is 5.11 Å². The minimum absolute atomic E-state index is 0.0575. The summed E-state index contributed by atoms with van der Waals surface area (Å²) in [5.41, 5.74) is -0.0575. The van der Waals surface area contributed by atoms with Crippen LogP contribution in [0.2, 0.25) is 0 Å². The molecule has 7 heteroatoms. The van der Waals surface area contributed by atoms with Crippen LogP contribution < -0.4 is 5.32 Å². The first-order chi connectivity index (χ1) is 9.45. The Morgan fingerprint density at radius 3 is 2.60 bits per heavy atom. The molecule has 2 rings (SSSR count). The highest BCUT2D eigenvalue weighted by atomic mass is 127. The number of aliphatic hydroxyl groups is 1. The molecule has 1 aromatic rings. The second-order valence-corrected chi connectivity index (χ2v) is 6.02. The first-order valence-electron chi connectivity index (χ1n) is 6.34. The number of piperazine rings is 1. The van der Waals surface area contributed by atoms with Gasteiger partial charge in [-0.25, -0.2) is 13.2 Å². The Balaban J connectivity index is 2.42. The molecule has 1 aromatic carbocycles. The first kappa shape index (κ1) is 16.0. The van der Waals surface area contributed by atoms with E-state index in [1.807, 2.05) is 22.6 Å². The number of nitrogens with one attached hydrogen (secondary N) is 1. The van der Waals surface area contributed by atoms with Crippen LogP contribution in [0.5, 0.6) is 0 Å². The second kappa shape index (κ2) is 6.59. The van der Waals surface area contributed by atoms with Crippen molar-refractivity contribution in [2.24, 2.45) is 0 Å². The van der Waals surface area contributed by atoms with Crippen LogP contribution >= 0.6 is 22.6 Å². The fourth-order valence-corrected chi connectivity index (χ4v) is 2.96. The predicted octanol–water partition coefficient (Wildman–Crippen LogP) is 2.00. The van der Waals surface area contributed by atoms with Crippen molar-refractivity contribution >= 4 is 22.6 Å². The zero-order valence-electron chi connectivity index (χ0n) is 10.8. The van der Waals surface area contributed by atoms with Crippen LogP contribution in [0.1, 0.15) is 11.6 Å². The molecule has 1 heterocycles. The number of rotatable bonds is 4. The summed E-state index contributed by atoms with van der Waals surface area (Å²) in [5, 5.41) is 12.1. The van der Waals surface area contributed by atoms with Gasteiger partial charge >= 0.3 is 0 Å². The molecule has 0 unspecified atom stereocenters. The van der Waals surface area contributed by atoms with Crippen LogP contribution in [0.4, 0.5) is 13.2 Å². The summed E-state index contributed by atoms with van der Waals surface area (Å²) in [7, 11) is 0. The van der Waals surface area contributed by atoms with Crippen molar-refractivity contribution in [1.29, 1.82) is 0 Å². The minimum atomic E-state index is -3.39. The van der Waals surface area contributed by atoms with E-state index in [2.05, 4.69) is 5.32 Å². The van der Waals surface area contributed by atoms with Crippen molar-refractivity contribution in [3.63, 3.8) is 0 Å². The molecule has 2 N–H and O–H groups in total. The Hall–Kier alpha value is -0.380. The smallest absolute Gasteiger partial charge is 0.290 e. The molecule has 0 aliphatic carbocycles. The number of aliphatic hydroxyl groups excluding tert-OH is 1. The van der Waals surface area contributed by atoms with E-state index in [9.17, 15) is 13.2 Å². The average Bonchev–Trinajstić information content (AvgIpc) is 2.44. The predicted molar refractivity (Wildman–Crippen MR) is 78.3 cm³/mol. The van der Waals surface area contributed by atoms with Gasteiger partial charge in [-0.15, -0.1) is 0 Å². The molecule has 3 nitrogen and oxygen atoms in total. The third kappa shape index (κ3) is 3.44. The molecule has 112 valence electrons. The standard InChI is InChI=1S/C13H16F3IN2O/c14-11-2-1-9(17)7-10(11)12(13(15,16)8-20)19-5-3-18-4-6-19/h1-2,7,12,18,20H,3-6,8H2/t12-/m0/s1. The zero-order valence-corrected chi connectivity index (χ0v) is 12.9. The topological polar surface area (TPSA) is 35.5 Å². The van der Waals surface area contributed by atoms with Gasteiger partial charge in [0, 0.05) is 35.3 Å². The van der Waals surface area contributed by atoms with E-state index >= 15 is 0 Å². The average molecular weight is 400 g/mol. The van der Waals surface area contributed by atoms with Crippen molar-refractivity contribution in [3.05, 3.63) is 33.1 Å². The summed E-state index contributed by atoms with van der Waals surface area (Å²) < 4.78 is 42.9. The lowest BCUT2D eigenvalue weighted by atomic mass is 9.97. The molecule has 1 fully saturated rings. The quantitative estimate of drug-likeness (QED) is 0.760. The van der Waals surface area contributed by atoms with Gasteiger partial charge in [0.05, 0.1) is 0 Å². The summed E-state index contributed by atoms with van der Waals surface area (Å²) in [4.78, 5) is 1.53. The highest BCUT2D eigenvalue weighted by Crippen LogP contribution is 2.38. The maximum Gasteiger partial charge on any atom is 0.290 e. The van der Waals surface area contributed by atoms with Gasteiger partial charge in [0.15, 0.2) is 0 Å². The number of benzene rings is 1. The van der Waals surface area contributed by atoms with E-state index in [0.717, 1.165) is 0 Å². The van der Waals surface area contributed by atoms with Gasteiger partial charge in [-0.3, -0.25) is 4.90 Å². The fourth-order valence-electron chi connectivity index (χ4n) is 2.44. The summed E-state index contributed by atoms with van der Waals surface area (Å²) >= 11 is 1.96. The Bertz CT molecular complexity index is 467. The van der Waals surface area contributed by atoms with E-state index in [0.29, 0.717) is 29.7 Å². The third-order valence-corrected chi connectivity index (χ3v) is 4.05. The number of hydrogen-bond donors (Lipinski definition) is 2. The molecule has 1 saturated heterocycles. The van der Waals surface area contributed by atoms with E-state index < -0.39 is 24.4 Å². The highest BCUT2D eigenvalue weighted by Gasteiger charge is 2.45. The lowest BCUT2D eigenvalue weighted by Gasteiger charge is -2.38. The Morgan fingerprint density at radius 2 is 2.00 bits per heavy atom. The first-order valence-corrected chi connectivity index (χ1v) is 7.42. The normalized spacial score (nSPS) is 19.1. The van der Waals surface area contributed by atoms with Crippen LogP contribution in [0.3, 0.4) is 0 Å². The van der Waals surface area contributed by atoms with Crippen LogP contribution in [0.15, 0.2) is 18.2 Å². The van der Waals surface area contributed by atoms with Crippen molar-refractivity contribution in [2.75, 3.05) is 32.8 Å². The van der Waals surface area contributed by atoms with Gasteiger partial charge in [-0.1, -0.05) is 0 Å². The lowest BCUT2D eigenvalue weighted by molar-refractivity contribution is -0.119. The molecule has 0 spiro atoms. The number of alkyl halides is 2. The van der Waals surface area contributed by atoms with Crippen molar-refractivity contribution in [2.45, 2.75) is 12.0 Å².